The molecule has 0 saturated heterocycles. The summed E-state index contributed by atoms with van der Waals surface area (Å²) in [6.07, 6.45) is 3.46. The Morgan fingerprint density at radius 3 is 2.82 bits per heavy atom. The summed E-state index contributed by atoms with van der Waals surface area (Å²) in [5.41, 5.74) is 2.31. The highest BCUT2D eigenvalue weighted by Crippen LogP contribution is 2.22. The predicted molar refractivity (Wildman–Crippen MR) is 109 cm³/mol. The molecule has 3 aromatic heterocycles. The Balaban J connectivity index is 1.56. The molecule has 0 saturated carbocycles. The number of hydrogen-bond acceptors (Lipinski definition) is 6. The maximum atomic E-state index is 6.29. The molecule has 0 radical (unpaired) electrons. The van der Waals surface area contributed by atoms with Crippen molar-refractivity contribution >= 4 is 28.6 Å². The van der Waals surface area contributed by atoms with Gasteiger partial charge in [-0.2, -0.15) is 0 Å². The summed E-state index contributed by atoms with van der Waals surface area (Å²) in [6, 6.07) is 11.8. The third-order valence-electron chi connectivity index (χ3n) is 4.54. The van der Waals surface area contributed by atoms with Crippen molar-refractivity contribution in [2.24, 2.45) is 0 Å². The normalized spacial score (nSPS) is 12.4. The number of rotatable bonds is 7. The molecule has 1 atom stereocenters. The average molecular weight is 397 g/mol. The highest BCUT2D eigenvalue weighted by Gasteiger charge is 2.16. The number of nitrogens with zero attached hydrogens (tertiary/aromatic N) is 5. The Morgan fingerprint density at radius 1 is 1.18 bits per heavy atom. The van der Waals surface area contributed by atoms with Gasteiger partial charge in [0.05, 0.1) is 12.8 Å². The molecule has 0 spiro atoms. The van der Waals surface area contributed by atoms with Crippen LogP contribution in [0.5, 0.6) is 0 Å². The van der Waals surface area contributed by atoms with Crippen LogP contribution in [-0.2, 0) is 13.0 Å². The lowest BCUT2D eigenvalue weighted by atomic mass is 10.1. The van der Waals surface area contributed by atoms with Crippen LogP contribution >= 0.6 is 11.6 Å². The fraction of sp³-hybridized carbons (Fsp3) is 0.300. The monoisotopic (exact) mass is 396 g/mol. The first-order valence-electron chi connectivity index (χ1n) is 9.20. The molecule has 4 rings (SSSR count). The van der Waals surface area contributed by atoms with Gasteiger partial charge in [-0.05, 0) is 44.0 Å². The first-order valence-corrected chi connectivity index (χ1v) is 9.58. The molecule has 0 aliphatic heterocycles. The van der Waals surface area contributed by atoms with Crippen molar-refractivity contribution in [2.75, 3.05) is 5.32 Å². The number of nitrogens with one attached hydrogen (secondary N) is 1. The Hall–Kier alpha value is -2.93. The summed E-state index contributed by atoms with van der Waals surface area (Å²) in [5, 5.41) is 12.7. The van der Waals surface area contributed by atoms with Crippen LogP contribution in [0, 0.1) is 6.92 Å². The van der Waals surface area contributed by atoms with Crippen LogP contribution in [-0.4, -0.2) is 31.0 Å². The van der Waals surface area contributed by atoms with Crippen molar-refractivity contribution in [1.82, 2.24) is 25.0 Å². The van der Waals surface area contributed by atoms with E-state index in [-0.39, 0.29) is 6.04 Å². The zero-order valence-electron chi connectivity index (χ0n) is 15.8. The molecule has 0 fully saturated rings. The van der Waals surface area contributed by atoms with Gasteiger partial charge in [0.25, 0.3) is 0 Å². The molecule has 3 heterocycles. The first-order chi connectivity index (χ1) is 13.6. The summed E-state index contributed by atoms with van der Waals surface area (Å²) in [7, 11) is 0. The van der Waals surface area contributed by atoms with Crippen molar-refractivity contribution < 1.29 is 4.42 Å². The Labute approximate surface area is 167 Å². The summed E-state index contributed by atoms with van der Waals surface area (Å²) < 4.78 is 7.16. The van der Waals surface area contributed by atoms with Gasteiger partial charge >= 0.3 is 0 Å². The van der Waals surface area contributed by atoms with Crippen LogP contribution < -0.4 is 5.32 Å². The van der Waals surface area contributed by atoms with E-state index < -0.39 is 0 Å². The van der Waals surface area contributed by atoms with Gasteiger partial charge in [-0.15, -0.1) is 5.10 Å². The number of anilines is 1. The quantitative estimate of drug-likeness (QED) is 0.502. The van der Waals surface area contributed by atoms with Crippen LogP contribution in [0.15, 0.2) is 47.1 Å². The van der Waals surface area contributed by atoms with Crippen LogP contribution in [0.3, 0.4) is 0 Å². The van der Waals surface area contributed by atoms with Gasteiger partial charge < -0.3 is 9.73 Å². The van der Waals surface area contributed by atoms with E-state index in [2.05, 4.69) is 32.5 Å². The fourth-order valence-electron chi connectivity index (χ4n) is 3.08. The third kappa shape index (κ3) is 3.99. The number of aryl methyl sites for hydroxylation is 2. The molecular weight excluding hydrogens is 376 g/mol. The van der Waals surface area contributed by atoms with E-state index in [0.717, 1.165) is 24.2 Å². The van der Waals surface area contributed by atoms with E-state index in [4.69, 9.17) is 16.0 Å². The molecule has 1 N–H and O–H groups in total. The van der Waals surface area contributed by atoms with E-state index in [1.54, 1.807) is 10.9 Å². The molecule has 7 nitrogen and oxygen atoms in total. The maximum absolute atomic E-state index is 6.29. The molecule has 1 unspecified atom stereocenters. The molecule has 1 aromatic carbocycles. The lowest BCUT2D eigenvalue weighted by Gasteiger charge is -2.14. The molecule has 0 amide bonds. The zero-order chi connectivity index (χ0) is 19.5. The molecular formula is C20H21ClN6O. The van der Waals surface area contributed by atoms with Crippen molar-refractivity contribution in [2.45, 2.75) is 39.3 Å². The maximum Gasteiger partial charge on any atom is 0.184 e. The average Bonchev–Trinajstić information content (AvgIpc) is 3.32. The Morgan fingerprint density at radius 2 is 2.04 bits per heavy atom. The van der Waals surface area contributed by atoms with Gasteiger partial charge in [0.15, 0.2) is 17.0 Å². The largest absolute Gasteiger partial charge is 0.469 e. The fourth-order valence-corrected chi connectivity index (χ4v) is 3.27. The number of halogens is 1. The molecule has 4 aromatic rings. The Bertz CT molecular complexity index is 1080. The Kier molecular flexibility index (Phi) is 5.25. The van der Waals surface area contributed by atoms with Crippen LogP contribution in [0.2, 0.25) is 5.02 Å². The van der Waals surface area contributed by atoms with E-state index in [1.165, 1.54) is 0 Å². The van der Waals surface area contributed by atoms with E-state index in [0.29, 0.717) is 34.4 Å². The molecule has 144 valence electrons. The summed E-state index contributed by atoms with van der Waals surface area (Å²) in [6.45, 7) is 4.48. The number of furan rings is 1. The van der Waals surface area contributed by atoms with Crippen molar-refractivity contribution in [1.29, 1.82) is 0 Å². The van der Waals surface area contributed by atoms with Crippen molar-refractivity contribution in [3.63, 3.8) is 0 Å². The second-order valence-electron chi connectivity index (χ2n) is 6.79. The van der Waals surface area contributed by atoms with Gasteiger partial charge in [-0.3, -0.25) is 0 Å². The molecule has 0 aliphatic rings. The summed E-state index contributed by atoms with van der Waals surface area (Å²) in [4.78, 5) is 9.08. The van der Waals surface area contributed by atoms with Gasteiger partial charge in [0, 0.05) is 17.5 Å². The van der Waals surface area contributed by atoms with E-state index in [9.17, 15) is 0 Å². The zero-order valence-corrected chi connectivity index (χ0v) is 16.5. The second-order valence-corrected chi connectivity index (χ2v) is 7.20. The van der Waals surface area contributed by atoms with Crippen molar-refractivity contribution in [3.8, 4) is 0 Å². The number of benzene rings is 1. The van der Waals surface area contributed by atoms with E-state index >= 15 is 0 Å². The van der Waals surface area contributed by atoms with Crippen LogP contribution in [0.25, 0.3) is 11.2 Å². The highest BCUT2D eigenvalue weighted by molar-refractivity contribution is 6.31. The minimum atomic E-state index is 0.191. The van der Waals surface area contributed by atoms with Crippen LogP contribution in [0.1, 0.15) is 30.5 Å². The van der Waals surface area contributed by atoms with Crippen molar-refractivity contribution in [3.05, 3.63) is 64.8 Å². The number of hydrogen-bond donors (Lipinski definition) is 1. The van der Waals surface area contributed by atoms with Gasteiger partial charge in [0.1, 0.15) is 11.6 Å². The molecule has 0 aliphatic carbocycles. The molecule has 8 heteroatoms. The number of fused-ring (bicyclic) bond motifs is 1. The number of aromatic nitrogens is 5. The third-order valence-corrected chi connectivity index (χ3v) is 4.91. The highest BCUT2D eigenvalue weighted by atomic mass is 35.5. The minimum Gasteiger partial charge on any atom is -0.469 e. The van der Waals surface area contributed by atoms with Gasteiger partial charge in [0.2, 0.25) is 0 Å². The van der Waals surface area contributed by atoms with E-state index in [1.807, 2.05) is 43.3 Å². The topological polar surface area (TPSA) is 81.7 Å². The predicted octanol–water partition coefficient (Wildman–Crippen LogP) is 4.26. The van der Waals surface area contributed by atoms with Gasteiger partial charge in [-0.1, -0.05) is 35.0 Å². The summed E-state index contributed by atoms with van der Waals surface area (Å²) >= 11 is 6.29. The lowest BCUT2D eigenvalue weighted by molar-refractivity contribution is 0.495. The first kappa shape index (κ1) is 18.4. The SMILES string of the molecule is Cc1nc(NC(C)CCc2ccco2)c2nnn(Cc3ccccc3Cl)c2n1. The lowest BCUT2D eigenvalue weighted by Crippen LogP contribution is -2.17. The standard InChI is InChI=1S/C20H21ClN6O/c1-13(9-10-16-7-5-11-28-16)22-19-18-20(24-14(2)23-19)27(26-25-18)12-15-6-3-4-8-17(15)21/h3-8,11,13H,9-10,12H2,1-2H3,(H,22,23,24). The molecule has 28 heavy (non-hydrogen) atoms. The second kappa shape index (κ2) is 7.98. The molecule has 0 bridgehead atoms. The minimum absolute atomic E-state index is 0.191. The van der Waals surface area contributed by atoms with Gasteiger partial charge in [-0.25, -0.2) is 14.6 Å². The van der Waals surface area contributed by atoms with Crippen LogP contribution in [0.4, 0.5) is 5.82 Å². The smallest absolute Gasteiger partial charge is 0.184 e. The summed E-state index contributed by atoms with van der Waals surface area (Å²) in [5.74, 6) is 2.33.